The Labute approximate surface area is 163 Å². The van der Waals surface area contributed by atoms with Crippen molar-refractivity contribution in [2.24, 2.45) is 0 Å². The van der Waals surface area contributed by atoms with E-state index in [4.69, 9.17) is 9.47 Å². The minimum absolute atomic E-state index is 0.237. The Balaban J connectivity index is 1.80. The molecule has 0 unspecified atom stereocenters. The maximum Gasteiger partial charge on any atom is 0.274 e. The maximum atomic E-state index is 12.6. The van der Waals surface area contributed by atoms with Gasteiger partial charge in [0, 0.05) is 18.0 Å². The van der Waals surface area contributed by atoms with E-state index in [2.05, 4.69) is 20.6 Å². The van der Waals surface area contributed by atoms with E-state index in [1.54, 1.807) is 37.6 Å². The van der Waals surface area contributed by atoms with E-state index < -0.39 is 0 Å². The largest absolute Gasteiger partial charge is 0.497 e. The van der Waals surface area contributed by atoms with E-state index >= 15 is 0 Å². The second-order valence-electron chi connectivity index (χ2n) is 6.23. The summed E-state index contributed by atoms with van der Waals surface area (Å²) in [5.74, 6) is 1.12. The van der Waals surface area contributed by atoms with E-state index in [0.717, 1.165) is 16.8 Å². The number of aromatic nitrogens is 2. The minimum Gasteiger partial charge on any atom is -0.497 e. The number of anilines is 3. The standard InChI is InChI=1S/C21H22N4O3/c1-13-5-6-14(2)18(11-13)25-21-22-10-9-17(24-21)20(26)23-16-8-7-15(27-3)12-19(16)28-4/h5-12H,1-4H3,(H,23,26)(H,22,24,25). The van der Waals surface area contributed by atoms with Gasteiger partial charge in [-0.2, -0.15) is 0 Å². The smallest absolute Gasteiger partial charge is 0.274 e. The number of nitrogens with zero attached hydrogens (tertiary/aromatic N) is 2. The van der Waals surface area contributed by atoms with Crippen LogP contribution in [0, 0.1) is 13.8 Å². The minimum atomic E-state index is -0.366. The van der Waals surface area contributed by atoms with Crippen LogP contribution >= 0.6 is 0 Å². The van der Waals surface area contributed by atoms with E-state index in [0.29, 0.717) is 23.1 Å². The van der Waals surface area contributed by atoms with Crippen LogP contribution in [0.5, 0.6) is 11.5 Å². The van der Waals surface area contributed by atoms with Crippen molar-refractivity contribution in [2.45, 2.75) is 13.8 Å². The third kappa shape index (κ3) is 4.37. The molecule has 3 aromatic rings. The second kappa shape index (κ2) is 8.39. The molecule has 0 aliphatic heterocycles. The van der Waals surface area contributed by atoms with Crippen molar-refractivity contribution in [1.82, 2.24) is 9.97 Å². The molecule has 2 aromatic carbocycles. The highest BCUT2D eigenvalue weighted by Gasteiger charge is 2.13. The van der Waals surface area contributed by atoms with Gasteiger partial charge in [0.2, 0.25) is 5.95 Å². The number of hydrogen-bond donors (Lipinski definition) is 2. The van der Waals surface area contributed by atoms with E-state index in [-0.39, 0.29) is 11.6 Å². The molecule has 2 N–H and O–H groups in total. The molecule has 0 spiro atoms. The fourth-order valence-corrected chi connectivity index (χ4v) is 2.62. The molecule has 0 saturated heterocycles. The predicted octanol–water partition coefficient (Wildman–Crippen LogP) is 4.11. The average molecular weight is 378 g/mol. The SMILES string of the molecule is COc1ccc(NC(=O)c2ccnc(Nc3cc(C)ccc3C)n2)c(OC)c1. The number of rotatable bonds is 6. The van der Waals surface area contributed by atoms with E-state index in [1.165, 1.54) is 7.11 Å². The van der Waals surface area contributed by atoms with Crippen LogP contribution < -0.4 is 20.1 Å². The summed E-state index contributed by atoms with van der Waals surface area (Å²) in [6, 6.07) is 12.8. The van der Waals surface area contributed by atoms with Crippen LogP contribution in [0.2, 0.25) is 0 Å². The molecule has 1 amide bonds. The third-order valence-electron chi connectivity index (χ3n) is 4.18. The lowest BCUT2D eigenvalue weighted by atomic mass is 10.1. The summed E-state index contributed by atoms with van der Waals surface area (Å²) in [5, 5.41) is 5.97. The maximum absolute atomic E-state index is 12.6. The molecule has 1 aromatic heterocycles. The Morgan fingerprint density at radius 2 is 1.79 bits per heavy atom. The molecular formula is C21H22N4O3. The number of ether oxygens (including phenoxy) is 2. The lowest BCUT2D eigenvalue weighted by molar-refractivity contribution is 0.102. The summed E-state index contributed by atoms with van der Waals surface area (Å²) < 4.78 is 10.5. The number of aryl methyl sites for hydroxylation is 2. The molecule has 0 radical (unpaired) electrons. The third-order valence-corrected chi connectivity index (χ3v) is 4.18. The first kappa shape index (κ1) is 19.2. The molecule has 7 nitrogen and oxygen atoms in total. The van der Waals surface area contributed by atoms with Gasteiger partial charge in [-0.3, -0.25) is 4.79 Å². The van der Waals surface area contributed by atoms with Crippen molar-refractivity contribution in [2.75, 3.05) is 24.9 Å². The Hall–Kier alpha value is -3.61. The first-order valence-electron chi connectivity index (χ1n) is 8.71. The van der Waals surface area contributed by atoms with Crippen molar-refractivity contribution in [3.05, 3.63) is 65.5 Å². The van der Waals surface area contributed by atoms with Gasteiger partial charge in [-0.1, -0.05) is 12.1 Å². The van der Waals surface area contributed by atoms with Gasteiger partial charge in [-0.05, 0) is 49.2 Å². The Morgan fingerprint density at radius 1 is 0.964 bits per heavy atom. The fourth-order valence-electron chi connectivity index (χ4n) is 2.62. The van der Waals surface area contributed by atoms with Gasteiger partial charge in [0.05, 0.1) is 19.9 Å². The van der Waals surface area contributed by atoms with Crippen molar-refractivity contribution in [1.29, 1.82) is 0 Å². The van der Waals surface area contributed by atoms with Crippen LogP contribution in [0.15, 0.2) is 48.7 Å². The average Bonchev–Trinajstić information content (AvgIpc) is 2.71. The van der Waals surface area contributed by atoms with Gasteiger partial charge in [0.1, 0.15) is 17.2 Å². The van der Waals surface area contributed by atoms with E-state index in [9.17, 15) is 4.79 Å². The van der Waals surface area contributed by atoms with Crippen LogP contribution in [0.4, 0.5) is 17.3 Å². The van der Waals surface area contributed by atoms with Crippen molar-refractivity contribution < 1.29 is 14.3 Å². The quantitative estimate of drug-likeness (QED) is 0.671. The number of carbonyl (C=O) groups is 1. The van der Waals surface area contributed by atoms with Crippen molar-refractivity contribution in [3.8, 4) is 11.5 Å². The number of methoxy groups -OCH3 is 2. The molecule has 1 heterocycles. The molecule has 0 aliphatic rings. The number of hydrogen-bond acceptors (Lipinski definition) is 6. The van der Waals surface area contributed by atoms with Gasteiger partial charge < -0.3 is 20.1 Å². The van der Waals surface area contributed by atoms with Crippen LogP contribution in [0.25, 0.3) is 0 Å². The summed E-state index contributed by atoms with van der Waals surface area (Å²) in [6.45, 7) is 4.01. The van der Waals surface area contributed by atoms with Crippen molar-refractivity contribution in [3.63, 3.8) is 0 Å². The highest BCUT2D eigenvalue weighted by molar-refractivity contribution is 6.03. The van der Waals surface area contributed by atoms with Gasteiger partial charge in [-0.15, -0.1) is 0 Å². The van der Waals surface area contributed by atoms with Crippen LogP contribution in [0.3, 0.4) is 0 Å². The highest BCUT2D eigenvalue weighted by atomic mass is 16.5. The highest BCUT2D eigenvalue weighted by Crippen LogP contribution is 2.29. The van der Waals surface area contributed by atoms with Crippen LogP contribution in [-0.4, -0.2) is 30.1 Å². The van der Waals surface area contributed by atoms with Gasteiger partial charge in [-0.25, -0.2) is 9.97 Å². The zero-order chi connectivity index (χ0) is 20.1. The summed E-state index contributed by atoms with van der Waals surface area (Å²) in [5.41, 5.74) is 3.84. The summed E-state index contributed by atoms with van der Waals surface area (Å²) in [7, 11) is 3.10. The number of benzene rings is 2. The Kier molecular flexibility index (Phi) is 5.74. The summed E-state index contributed by atoms with van der Waals surface area (Å²) in [6.07, 6.45) is 1.54. The number of carbonyl (C=O) groups excluding carboxylic acids is 1. The molecule has 0 aliphatic carbocycles. The molecule has 3 rings (SSSR count). The zero-order valence-corrected chi connectivity index (χ0v) is 16.2. The van der Waals surface area contributed by atoms with Crippen LogP contribution in [0.1, 0.15) is 21.6 Å². The molecular weight excluding hydrogens is 356 g/mol. The summed E-state index contributed by atoms with van der Waals surface area (Å²) in [4.78, 5) is 21.2. The van der Waals surface area contributed by atoms with Gasteiger partial charge in [0.25, 0.3) is 5.91 Å². The molecule has 0 fully saturated rings. The first-order chi connectivity index (χ1) is 13.5. The predicted molar refractivity (Wildman–Crippen MR) is 109 cm³/mol. The first-order valence-corrected chi connectivity index (χ1v) is 8.71. The van der Waals surface area contributed by atoms with Crippen molar-refractivity contribution >= 4 is 23.2 Å². The Morgan fingerprint density at radius 3 is 2.54 bits per heavy atom. The molecule has 28 heavy (non-hydrogen) atoms. The monoisotopic (exact) mass is 378 g/mol. The zero-order valence-electron chi connectivity index (χ0n) is 16.2. The molecule has 0 bridgehead atoms. The second-order valence-corrected chi connectivity index (χ2v) is 6.23. The molecule has 144 valence electrons. The van der Waals surface area contributed by atoms with Crippen LogP contribution in [-0.2, 0) is 0 Å². The normalized spacial score (nSPS) is 10.3. The fraction of sp³-hybridized carbons (Fsp3) is 0.190. The van der Waals surface area contributed by atoms with Gasteiger partial charge in [0.15, 0.2) is 0 Å². The number of amides is 1. The van der Waals surface area contributed by atoms with E-state index in [1.807, 2.05) is 32.0 Å². The number of nitrogens with one attached hydrogen (secondary N) is 2. The molecule has 7 heteroatoms. The lowest BCUT2D eigenvalue weighted by Crippen LogP contribution is -2.15. The molecule has 0 atom stereocenters. The van der Waals surface area contributed by atoms with Gasteiger partial charge >= 0.3 is 0 Å². The lowest BCUT2D eigenvalue weighted by Gasteiger charge is -2.12. The molecule has 0 saturated carbocycles. The Bertz CT molecular complexity index is 1000. The summed E-state index contributed by atoms with van der Waals surface area (Å²) >= 11 is 0. The topological polar surface area (TPSA) is 85.4 Å².